The molecule has 0 rings (SSSR count). The maximum Gasteiger partial charge on any atom is 0.309 e. The molecular weight excluding hydrogens is 1130 g/mol. The highest BCUT2D eigenvalue weighted by Gasteiger charge is 2.36. The molecule has 0 saturated heterocycles. The fourth-order valence-electron chi connectivity index (χ4n) is 12.1. The number of nitrogens with one attached hydrogen (secondary N) is 4. The Balaban J connectivity index is 6.79. The van der Waals surface area contributed by atoms with Gasteiger partial charge in [0.05, 0.1) is 138 Å². The van der Waals surface area contributed by atoms with Crippen molar-refractivity contribution in [3.8, 4) is 0 Å². The van der Waals surface area contributed by atoms with Crippen LogP contribution in [0.5, 0.6) is 0 Å². The summed E-state index contributed by atoms with van der Waals surface area (Å²) in [6.45, 7) is 26.0. The number of hydrogen-bond acceptors (Lipinski definition) is 8. The maximum absolute atomic E-state index is 11.4. The number of hydrogen-bond donors (Lipinski definition) is 12. The second-order valence-corrected chi connectivity index (χ2v) is 53.4. The van der Waals surface area contributed by atoms with E-state index in [1.165, 1.54) is 74.0 Å². The SMILES string of the molecule is C[Si](C)(CCC[NH+](CCC(=O)O)CCC(=O)O)CCC[Si](CCC[Si](C)(C)CCC[NH+](CCC(=O)O)CCC(=O)O)(CCC[Si](C)(C)CCC[NH+](CCC(=O)O)CCC(=O)O)CCC[Si](C)(C)CCC[NH+](CCC(=O)O)CCC(=O)O. The van der Waals surface area contributed by atoms with E-state index in [1.54, 1.807) is 0 Å². The summed E-state index contributed by atoms with van der Waals surface area (Å²) in [7, 11) is -8.72. The second-order valence-electron chi connectivity index (χ2n) is 27.1. The lowest BCUT2D eigenvalue weighted by molar-refractivity contribution is -0.899. The van der Waals surface area contributed by atoms with Crippen LogP contribution in [0.2, 0.25) is 125 Å². The molecule has 0 saturated carbocycles. The van der Waals surface area contributed by atoms with Gasteiger partial charge in [0.1, 0.15) is 0 Å². The molecule has 81 heavy (non-hydrogen) atoms. The topological polar surface area (TPSA) is 316 Å². The molecule has 0 spiro atoms. The van der Waals surface area contributed by atoms with Crippen LogP contribution in [0, 0.1) is 0 Å². The lowest BCUT2D eigenvalue weighted by Gasteiger charge is -2.37. The molecule has 0 heterocycles. The van der Waals surface area contributed by atoms with Crippen LogP contribution in [0.4, 0.5) is 0 Å². The zero-order chi connectivity index (χ0) is 61.7. The lowest BCUT2D eigenvalue weighted by atomic mass is 10.3. The zero-order valence-corrected chi connectivity index (χ0v) is 56.6. The first-order valence-corrected chi connectivity index (χ1v) is 47.2. The van der Waals surface area contributed by atoms with Gasteiger partial charge in [-0.1, -0.05) is 151 Å². The fraction of sp³-hybridized carbons (Fsp3) is 0.857. The van der Waals surface area contributed by atoms with Gasteiger partial charge in [-0.05, 0) is 25.7 Å². The average molecular weight is 1240 g/mol. The van der Waals surface area contributed by atoms with Crippen molar-refractivity contribution in [2.45, 2.75) is 228 Å². The molecule has 0 aliphatic heterocycles. The summed E-state index contributed by atoms with van der Waals surface area (Å²) in [5, 5.41) is 75.0. The molecule has 0 radical (unpaired) electrons. The summed E-state index contributed by atoms with van der Waals surface area (Å²) in [4.78, 5) is 95.5. The van der Waals surface area contributed by atoms with Gasteiger partial charge in [-0.2, -0.15) is 0 Å². The molecule has 0 aromatic carbocycles. The Morgan fingerprint density at radius 2 is 0.358 bits per heavy atom. The summed E-state index contributed by atoms with van der Waals surface area (Å²) in [5.74, 6) is -7.00. The fourth-order valence-corrected chi connectivity index (χ4v) is 28.7. The van der Waals surface area contributed by atoms with Crippen molar-refractivity contribution in [2.75, 3.05) is 78.5 Å². The van der Waals surface area contributed by atoms with Crippen LogP contribution in [-0.2, 0) is 38.4 Å². The van der Waals surface area contributed by atoms with Crippen molar-refractivity contribution < 1.29 is 98.8 Å². The van der Waals surface area contributed by atoms with Crippen molar-refractivity contribution >= 4 is 88.1 Å². The van der Waals surface area contributed by atoms with Crippen LogP contribution in [0.15, 0.2) is 0 Å². The Morgan fingerprint density at radius 1 is 0.222 bits per heavy atom. The van der Waals surface area contributed by atoms with Gasteiger partial charge in [0.2, 0.25) is 0 Å². The number of carboxylic acid groups (broad SMARTS) is 8. The minimum Gasteiger partial charge on any atom is -0.481 e. The first kappa shape index (κ1) is 77.7. The number of carboxylic acids is 8. The molecule has 0 aromatic rings. The maximum atomic E-state index is 11.4. The summed E-state index contributed by atoms with van der Waals surface area (Å²) in [6.07, 6.45) is 8.50. The third kappa shape index (κ3) is 45.8. The van der Waals surface area contributed by atoms with Gasteiger partial charge in [-0.3, -0.25) is 38.4 Å². The molecular formula is C56H116N4O16Si5+4. The highest BCUT2D eigenvalue weighted by atomic mass is 28.3. The lowest BCUT2D eigenvalue weighted by Crippen LogP contribution is -3.12. The van der Waals surface area contributed by atoms with Gasteiger partial charge in [-0.15, -0.1) is 0 Å². The highest BCUT2D eigenvalue weighted by molar-refractivity contribution is 6.82. The van der Waals surface area contributed by atoms with E-state index < -0.39 is 88.1 Å². The van der Waals surface area contributed by atoms with Crippen molar-refractivity contribution in [3.63, 3.8) is 0 Å². The average Bonchev–Trinajstić information content (AvgIpc) is 3.33. The van der Waals surface area contributed by atoms with E-state index in [-0.39, 0.29) is 51.4 Å². The standard InChI is InChI=1S/C56H112N4O16Si5/c1-77(2,37-9-25-57(29-17-49(61)62)30-18-50(63)64)41-13-45-81(46-14-42-78(3,4)38-10-26-58(31-19-51(65)66)32-20-52(67)68,47-15-43-79(5,6)39-11-27-59(33-21-53(69)70)34-22-54(71)72)48-16-44-80(7,8)40-12-28-60(35-23-55(73)74)36-24-56(75)76/h9-48H2,1-8H3,(H,61,62)(H,63,64)(H,65,66)(H,67,68)(H,69,70)(H,71,72)(H,73,74)(H,75,76)/p+4. The Hall–Kier alpha value is -3.32. The second kappa shape index (κ2) is 41.7. The van der Waals surface area contributed by atoms with Gasteiger partial charge in [0.25, 0.3) is 0 Å². The predicted octanol–water partition coefficient (Wildman–Crippen LogP) is 4.73. The molecule has 0 aliphatic rings. The summed E-state index contributed by atoms with van der Waals surface area (Å²) < 4.78 is 0. The number of rotatable bonds is 56. The molecule has 0 amide bonds. The molecule has 20 nitrogen and oxygen atoms in total. The van der Waals surface area contributed by atoms with E-state index in [0.717, 1.165) is 95.6 Å². The van der Waals surface area contributed by atoms with Gasteiger partial charge >= 0.3 is 47.8 Å². The third-order valence-corrected chi connectivity index (χ3v) is 36.6. The first-order valence-electron chi connectivity index (χ1n) is 30.7. The molecule has 0 aliphatic carbocycles. The Morgan fingerprint density at radius 3 is 0.494 bits per heavy atom. The van der Waals surface area contributed by atoms with E-state index in [0.29, 0.717) is 52.4 Å². The van der Waals surface area contributed by atoms with Gasteiger partial charge < -0.3 is 60.5 Å². The Bertz CT molecular complexity index is 1550. The van der Waals surface area contributed by atoms with E-state index >= 15 is 0 Å². The monoisotopic (exact) mass is 1240 g/mol. The minimum absolute atomic E-state index is 0.00961. The summed E-state index contributed by atoms with van der Waals surface area (Å²) >= 11 is 0. The molecule has 25 heteroatoms. The van der Waals surface area contributed by atoms with Crippen molar-refractivity contribution in [3.05, 3.63) is 0 Å². The van der Waals surface area contributed by atoms with E-state index in [9.17, 15) is 79.2 Å². The van der Waals surface area contributed by atoms with E-state index in [4.69, 9.17) is 0 Å². The quantitative estimate of drug-likeness (QED) is 0.0367. The smallest absolute Gasteiger partial charge is 0.309 e. The largest absolute Gasteiger partial charge is 0.481 e. The van der Waals surface area contributed by atoms with Gasteiger partial charge in [0, 0.05) is 32.3 Å². The summed E-state index contributed by atoms with van der Waals surface area (Å²) in [6, 6.07) is 14.2. The van der Waals surface area contributed by atoms with Crippen molar-refractivity contribution in [1.29, 1.82) is 0 Å². The summed E-state index contributed by atoms with van der Waals surface area (Å²) in [5.41, 5.74) is 0. The zero-order valence-electron chi connectivity index (χ0n) is 51.6. The van der Waals surface area contributed by atoms with E-state index in [1.807, 2.05) is 0 Å². The van der Waals surface area contributed by atoms with Crippen LogP contribution in [0.25, 0.3) is 0 Å². The predicted molar refractivity (Wildman–Crippen MR) is 331 cm³/mol. The normalized spacial score (nSPS) is 12.7. The van der Waals surface area contributed by atoms with Crippen LogP contribution in [-0.4, -0.2) is 208 Å². The van der Waals surface area contributed by atoms with E-state index in [2.05, 4.69) is 52.4 Å². The number of aliphatic carboxylic acids is 8. The highest BCUT2D eigenvalue weighted by Crippen LogP contribution is 2.39. The van der Waals surface area contributed by atoms with Gasteiger partial charge in [0.15, 0.2) is 0 Å². The molecule has 472 valence electrons. The molecule has 0 fully saturated rings. The number of quaternary nitrogens is 4. The van der Waals surface area contributed by atoms with Crippen molar-refractivity contribution in [1.82, 2.24) is 0 Å². The first-order chi connectivity index (χ1) is 37.6. The van der Waals surface area contributed by atoms with Crippen LogP contribution in [0.1, 0.15) is 103 Å². The minimum atomic E-state index is -1.94. The molecule has 0 aromatic heterocycles. The Labute approximate surface area is 490 Å². The number of carbonyl (C=O) groups is 8. The third-order valence-electron chi connectivity index (χ3n) is 17.3. The van der Waals surface area contributed by atoms with Crippen molar-refractivity contribution in [2.24, 2.45) is 0 Å². The van der Waals surface area contributed by atoms with Crippen LogP contribution < -0.4 is 19.6 Å². The molecule has 0 unspecified atom stereocenters. The van der Waals surface area contributed by atoms with Crippen LogP contribution in [0.3, 0.4) is 0 Å². The molecule has 0 bridgehead atoms. The molecule has 12 N–H and O–H groups in total. The Kier molecular flexibility index (Phi) is 40.0. The molecule has 0 atom stereocenters. The van der Waals surface area contributed by atoms with Crippen LogP contribution >= 0.6 is 0 Å². The van der Waals surface area contributed by atoms with Gasteiger partial charge in [-0.25, -0.2) is 0 Å².